The highest BCUT2D eigenvalue weighted by molar-refractivity contribution is 9.10. The summed E-state index contributed by atoms with van der Waals surface area (Å²) in [7, 11) is 1.40. The maximum Gasteiger partial charge on any atom is 0.335 e. The van der Waals surface area contributed by atoms with E-state index in [0.29, 0.717) is 10.2 Å². The molecule has 0 aliphatic heterocycles. The van der Waals surface area contributed by atoms with Gasteiger partial charge in [0.1, 0.15) is 6.54 Å². The van der Waals surface area contributed by atoms with Crippen molar-refractivity contribution in [1.29, 1.82) is 0 Å². The van der Waals surface area contributed by atoms with Crippen LogP contribution in [0.25, 0.3) is 0 Å². The van der Waals surface area contributed by atoms with Gasteiger partial charge in [-0.3, -0.25) is 4.79 Å². The molecule has 0 heterocycles. The number of aromatic carboxylic acids is 1. The van der Waals surface area contributed by atoms with Crippen LogP contribution >= 0.6 is 15.9 Å². The molecule has 8 heteroatoms. The zero-order valence-electron chi connectivity index (χ0n) is 10.0. The predicted octanol–water partition coefficient (Wildman–Crippen LogP) is 1.10. The zero-order valence-corrected chi connectivity index (χ0v) is 11.6. The van der Waals surface area contributed by atoms with Crippen molar-refractivity contribution in [2.45, 2.75) is 0 Å². The molecule has 4 N–H and O–H groups in total. The molecule has 0 spiro atoms. The first-order chi connectivity index (χ1) is 8.79. The number of carbonyl (C=O) groups is 3. The lowest BCUT2D eigenvalue weighted by atomic mass is 10.2. The molecule has 0 fully saturated rings. The average molecular weight is 330 g/mol. The fraction of sp³-hybridized carbons (Fsp3) is 0.182. The summed E-state index contributed by atoms with van der Waals surface area (Å²) in [6, 6.07) is 3.70. The Kier molecular flexibility index (Phi) is 4.87. The quantitative estimate of drug-likeness (QED) is 0.767. The molecule has 1 rings (SSSR count). The van der Waals surface area contributed by atoms with Crippen LogP contribution in [0.4, 0.5) is 10.5 Å². The van der Waals surface area contributed by atoms with Gasteiger partial charge in [0.05, 0.1) is 5.56 Å². The van der Waals surface area contributed by atoms with Crippen molar-refractivity contribution in [3.8, 4) is 0 Å². The van der Waals surface area contributed by atoms with Crippen LogP contribution in [0.5, 0.6) is 0 Å². The molecule has 1 aromatic carbocycles. The monoisotopic (exact) mass is 329 g/mol. The zero-order chi connectivity index (χ0) is 14.6. The van der Waals surface area contributed by atoms with E-state index < -0.39 is 17.9 Å². The maximum atomic E-state index is 11.7. The fourth-order valence-electron chi connectivity index (χ4n) is 1.31. The highest BCUT2D eigenvalue weighted by Crippen LogP contribution is 2.20. The van der Waals surface area contributed by atoms with E-state index in [1.165, 1.54) is 19.2 Å². The third kappa shape index (κ3) is 4.59. The molecule has 0 saturated carbocycles. The molecule has 0 saturated heterocycles. The average Bonchev–Trinajstić information content (AvgIpc) is 2.26. The molecule has 0 atom stereocenters. The Balaban J connectivity index is 2.84. The van der Waals surface area contributed by atoms with Crippen molar-refractivity contribution in [2.75, 3.05) is 18.9 Å². The molecule has 0 radical (unpaired) electrons. The Hall–Kier alpha value is -2.09. The molecule has 0 bridgehead atoms. The normalized spacial score (nSPS) is 9.79. The van der Waals surface area contributed by atoms with Gasteiger partial charge in [-0.1, -0.05) is 15.9 Å². The van der Waals surface area contributed by atoms with Crippen molar-refractivity contribution in [1.82, 2.24) is 4.90 Å². The highest BCUT2D eigenvalue weighted by atomic mass is 79.9. The first kappa shape index (κ1) is 15.0. The maximum absolute atomic E-state index is 11.7. The number of carboxylic acid groups (broad SMARTS) is 1. The molecule has 0 aromatic heterocycles. The number of likely N-dealkylation sites (N-methyl/N-ethyl adjacent to an activating group) is 1. The van der Waals surface area contributed by atoms with Crippen LogP contribution in [0.15, 0.2) is 22.7 Å². The van der Waals surface area contributed by atoms with E-state index in [1.807, 2.05) is 0 Å². The van der Waals surface area contributed by atoms with Gasteiger partial charge in [-0.25, -0.2) is 9.59 Å². The van der Waals surface area contributed by atoms with Crippen LogP contribution < -0.4 is 11.1 Å². The second kappa shape index (κ2) is 6.19. The number of amides is 3. The highest BCUT2D eigenvalue weighted by Gasteiger charge is 2.13. The van der Waals surface area contributed by atoms with Crippen LogP contribution in [0.1, 0.15) is 10.4 Å². The molecular weight excluding hydrogens is 318 g/mol. The first-order valence-corrected chi connectivity index (χ1v) is 5.93. The van der Waals surface area contributed by atoms with Gasteiger partial charge < -0.3 is 21.1 Å². The van der Waals surface area contributed by atoms with E-state index in [2.05, 4.69) is 21.2 Å². The number of hydrogen-bond donors (Lipinski definition) is 3. The molecule has 3 amide bonds. The summed E-state index contributed by atoms with van der Waals surface area (Å²) in [5.41, 5.74) is 5.30. The first-order valence-electron chi connectivity index (χ1n) is 5.14. The molecule has 0 aliphatic rings. The van der Waals surface area contributed by atoms with E-state index in [4.69, 9.17) is 10.8 Å². The van der Waals surface area contributed by atoms with E-state index in [0.717, 1.165) is 4.90 Å². The number of anilines is 1. The Labute approximate surface area is 117 Å². The van der Waals surface area contributed by atoms with Gasteiger partial charge in [0, 0.05) is 17.2 Å². The molecule has 0 unspecified atom stereocenters. The lowest BCUT2D eigenvalue weighted by Crippen LogP contribution is -2.38. The van der Waals surface area contributed by atoms with Crippen molar-refractivity contribution in [2.24, 2.45) is 5.73 Å². The molecular formula is C11H12BrN3O4. The summed E-state index contributed by atoms with van der Waals surface area (Å²) in [4.78, 5) is 34.3. The van der Waals surface area contributed by atoms with Crippen LogP contribution in [-0.2, 0) is 4.79 Å². The lowest BCUT2D eigenvalue weighted by Gasteiger charge is -2.16. The molecule has 7 nitrogen and oxygen atoms in total. The third-order valence-electron chi connectivity index (χ3n) is 2.14. The van der Waals surface area contributed by atoms with Gasteiger partial charge in [-0.05, 0) is 18.2 Å². The summed E-state index contributed by atoms with van der Waals surface area (Å²) in [5, 5.41) is 11.4. The Morgan fingerprint density at radius 3 is 2.53 bits per heavy atom. The van der Waals surface area contributed by atoms with E-state index in [1.54, 1.807) is 6.07 Å². The summed E-state index contributed by atoms with van der Waals surface area (Å²) in [6.07, 6.45) is 0. The molecule has 0 aliphatic carbocycles. The third-order valence-corrected chi connectivity index (χ3v) is 2.59. The number of hydrogen-bond acceptors (Lipinski definition) is 3. The van der Waals surface area contributed by atoms with Crippen LogP contribution in [0, 0.1) is 0 Å². The van der Waals surface area contributed by atoms with Gasteiger partial charge in [0.2, 0.25) is 5.91 Å². The number of nitrogens with zero attached hydrogens (tertiary/aromatic N) is 1. The minimum absolute atomic E-state index is 0.0298. The van der Waals surface area contributed by atoms with Crippen LogP contribution in [-0.4, -0.2) is 41.5 Å². The number of carboxylic acids is 1. The van der Waals surface area contributed by atoms with E-state index >= 15 is 0 Å². The Bertz CT molecular complexity index is 533. The van der Waals surface area contributed by atoms with Crippen molar-refractivity contribution in [3.05, 3.63) is 28.2 Å². The lowest BCUT2D eigenvalue weighted by molar-refractivity contribution is -0.118. The Morgan fingerprint density at radius 2 is 2.00 bits per heavy atom. The fourth-order valence-corrected chi connectivity index (χ4v) is 1.80. The Morgan fingerprint density at radius 1 is 1.37 bits per heavy atom. The number of carbonyl (C=O) groups excluding carboxylic acids is 2. The van der Waals surface area contributed by atoms with Crippen LogP contribution in [0.3, 0.4) is 0 Å². The standard InChI is InChI=1S/C11H12BrN3O4/c1-15(5-9(13)16)11(19)14-8-3-6(10(17)18)2-7(12)4-8/h2-4H,5H2,1H3,(H2,13,16)(H,14,19)(H,17,18). The predicted molar refractivity (Wildman–Crippen MR) is 71.9 cm³/mol. The number of urea groups is 1. The number of nitrogens with one attached hydrogen (secondary N) is 1. The van der Waals surface area contributed by atoms with Gasteiger partial charge in [-0.2, -0.15) is 0 Å². The molecule has 19 heavy (non-hydrogen) atoms. The topological polar surface area (TPSA) is 113 Å². The SMILES string of the molecule is CN(CC(N)=O)C(=O)Nc1cc(Br)cc(C(=O)O)c1. The largest absolute Gasteiger partial charge is 0.478 e. The van der Waals surface area contributed by atoms with Gasteiger partial charge in [0.25, 0.3) is 0 Å². The minimum Gasteiger partial charge on any atom is -0.478 e. The number of primary amides is 1. The van der Waals surface area contributed by atoms with Crippen molar-refractivity contribution >= 4 is 39.5 Å². The number of halogens is 1. The number of nitrogens with two attached hydrogens (primary N) is 1. The number of benzene rings is 1. The molecule has 102 valence electrons. The van der Waals surface area contributed by atoms with E-state index in [9.17, 15) is 14.4 Å². The minimum atomic E-state index is -1.11. The van der Waals surface area contributed by atoms with Gasteiger partial charge in [-0.15, -0.1) is 0 Å². The summed E-state index contributed by atoms with van der Waals surface area (Å²) in [6.45, 7) is -0.231. The van der Waals surface area contributed by atoms with E-state index in [-0.39, 0.29) is 12.1 Å². The second-order valence-electron chi connectivity index (χ2n) is 3.79. The van der Waals surface area contributed by atoms with Crippen LogP contribution in [0.2, 0.25) is 0 Å². The van der Waals surface area contributed by atoms with Gasteiger partial charge in [0.15, 0.2) is 0 Å². The van der Waals surface area contributed by atoms with Crippen molar-refractivity contribution in [3.63, 3.8) is 0 Å². The second-order valence-corrected chi connectivity index (χ2v) is 4.70. The summed E-state index contributed by atoms with van der Waals surface area (Å²) >= 11 is 3.15. The summed E-state index contributed by atoms with van der Waals surface area (Å²) < 4.78 is 0.514. The summed E-state index contributed by atoms with van der Waals surface area (Å²) in [5.74, 6) is -1.75. The van der Waals surface area contributed by atoms with Crippen molar-refractivity contribution < 1.29 is 19.5 Å². The number of rotatable bonds is 4. The molecule has 1 aromatic rings. The smallest absolute Gasteiger partial charge is 0.335 e. The van der Waals surface area contributed by atoms with Gasteiger partial charge >= 0.3 is 12.0 Å².